The lowest BCUT2D eigenvalue weighted by Gasteiger charge is -2.37. The lowest BCUT2D eigenvalue weighted by molar-refractivity contribution is 0.257. The summed E-state index contributed by atoms with van der Waals surface area (Å²) in [7, 11) is 0. The average Bonchev–Trinajstić information content (AvgIpc) is 3.08. The molecule has 3 nitrogen and oxygen atoms in total. The Morgan fingerprint density at radius 2 is 2.06 bits per heavy atom. The van der Waals surface area contributed by atoms with Crippen LogP contribution in [0.3, 0.4) is 0 Å². The van der Waals surface area contributed by atoms with E-state index >= 15 is 0 Å². The molecule has 1 fully saturated rings. The molecule has 5 heteroatoms. The van der Waals surface area contributed by atoms with Crippen molar-refractivity contribution in [3.05, 3.63) is 28.8 Å². The zero-order valence-corrected chi connectivity index (χ0v) is 9.71. The first-order valence-corrected chi connectivity index (χ1v) is 5.81. The summed E-state index contributed by atoms with van der Waals surface area (Å²) < 4.78 is 27.0. The summed E-state index contributed by atoms with van der Waals surface area (Å²) in [6.07, 6.45) is 2.21. The highest BCUT2D eigenvalue weighted by Crippen LogP contribution is 2.39. The molecule has 1 aromatic rings. The Kier molecular flexibility index (Phi) is 2.34. The van der Waals surface area contributed by atoms with E-state index in [2.05, 4.69) is 4.90 Å². The van der Waals surface area contributed by atoms with E-state index in [9.17, 15) is 8.78 Å². The minimum atomic E-state index is -0.785. The van der Waals surface area contributed by atoms with Crippen LogP contribution in [0.1, 0.15) is 24.0 Å². The Morgan fingerprint density at radius 1 is 1.35 bits per heavy atom. The normalized spacial score (nSPS) is 20.6. The average molecular weight is 239 g/mol. The van der Waals surface area contributed by atoms with Gasteiger partial charge in [0.2, 0.25) is 0 Å². The first-order chi connectivity index (χ1) is 8.08. The largest absolute Gasteiger partial charge is 0.354 e. The molecule has 1 heterocycles. The Balaban J connectivity index is 2.14. The third-order valence-electron chi connectivity index (χ3n) is 3.48. The SMILES string of the molecule is Cc1c(F)c(F)cc2c1N(C1CC1)CN(N)C2. The van der Waals surface area contributed by atoms with Gasteiger partial charge in [-0.3, -0.25) is 5.84 Å². The second-order valence-electron chi connectivity index (χ2n) is 4.89. The van der Waals surface area contributed by atoms with Crippen LogP contribution < -0.4 is 10.7 Å². The first kappa shape index (κ1) is 10.9. The van der Waals surface area contributed by atoms with Crippen molar-refractivity contribution in [3.63, 3.8) is 0 Å². The summed E-state index contributed by atoms with van der Waals surface area (Å²) in [5, 5.41) is 1.64. The maximum absolute atomic E-state index is 13.6. The second-order valence-corrected chi connectivity index (χ2v) is 4.89. The summed E-state index contributed by atoms with van der Waals surface area (Å²) >= 11 is 0. The van der Waals surface area contributed by atoms with Gasteiger partial charge >= 0.3 is 0 Å². The van der Waals surface area contributed by atoms with Crippen molar-refractivity contribution in [2.45, 2.75) is 32.4 Å². The van der Waals surface area contributed by atoms with E-state index in [0.717, 1.165) is 24.1 Å². The van der Waals surface area contributed by atoms with Gasteiger partial charge in [0, 0.05) is 23.8 Å². The van der Waals surface area contributed by atoms with Crippen LogP contribution in [-0.2, 0) is 6.54 Å². The van der Waals surface area contributed by atoms with E-state index < -0.39 is 11.6 Å². The molecule has 2 aliphatic rings. The number of benzene rings is 1. The van der Waals surface area contributed by atoms with Gasteiger partial charge in [0.25, 0.3) is 0 Å². The zero-order valence-electron chi connectivity index (χ0n) is 9.71. The zero-order chi connectivity index (χ0) is 12.2. The maximum atomic E-state index is 13.6. The molecule has 1 aliphatic heterocycles. The van der Waals surface area contributed by atoms with Gasteiger partial charge in [0.15, 0.2) is 11.6 Å². The summed E-state index contributed by atoms with van der Waals surface area (Å²) in [5.74, 6) is 4.30. The topological polar surface area (TPSA) is 32.5 Å². The standard InChI is InChI=1S/C12H15F2N3/c1-7-11(14)10(13)4-8-5-16(15)6-17(12(7)8)9-2-3-9/h4,9H,2-3,5-6,15H2,1H3. The Hall–Kier alpha value is -1.20. The molecule has 3 rings (SSSR count). The van der Waals surface area contributed by atoms with E-state index in [1.165, 1.54) is 6.07 Å². The number of nitrogens with zero attached hydrogens (tertiary/aromatic N) is 2. The monoisotopic (exact) mass is 239 g/mol. The van der Waals surface area contributed by atoms with Crippen molar-refractivity contribution in [1.82, 2.24) is 5.01 Å². The smallest absolute Gasteiger partial charge is 0.163 e. The van der Waals surface area contributed by atoms with E-state index in [1.54, 1.807) is 11.9 Å². The Morgan fingerprint density at radius 3 is 2.71 bits per heavy atom. The molecule has 0 saturated heterocycles. The Bertz CT molecular complexity index is 471. The molecule has 2 N–H and O–H groups in total. The van der Waals surface area contributed by atoms with Crippen LogP contribution in [0.15, 0.2) is 6.07 Å². The highest BCUT2D eigenvalue weighted by Gasteiger charge is 2.35. The van der Waals surface area contributed by atoms with Crippen LogP contribution in [-0.4, -0.2) is 17.7 Å². The van der Waals surface area contributed by atoms with Crippen molar-refractivity contribution in [3.8, 4) is 0 Å². The lowest BCUT2D eigenvalue weighted by atomic mass is 10.0. The van der Waals surface area contributed by atoms with Crippen LogP contribution >= 0.6 is 0 Å². The fourth-order valence-electron chi connectivity index (χ4n) is 2.55. The van der Waals surface area contributed by atoms with Gasteiger partial charge in [0.1, 0.15) is 0 Å². The van der Waals surface area contributed by atoms with E-state index in [1.807, 2.05) is 0 Å². The van der Waals surface area contributed by atoms with Gasteiger partial charge in [-0.2, -0.15) is 0 Å². The molecule has 0 bridgehead atoms. The van der Waals surface area contributed by atoms with Crippen LogP contribution in [0.2, 0.25) is 0 Å². The molecule has 92 valence electrons. The number of hydrazine groups is 1. The highest BCUT2D eigenvalue weighted by atomic mass is 19.2. The van der Waals surface area contributed by atoms with Crippen molar-refractivity contribution in [2.75, 3.05) is 11.6 Å². The molecule has 0 atom stereocenters. The third kappa shape index (κ3) is 1.70. The van der Waals surface area contributed by atoms with E-state index in [4.69, 9.17) is 5.84 Å². The second kappa shape index (κ2) is 3.65. The highest BCUT2D eigenvalue weighted by molar-refractivity contribution is 5.62. The summed E-state index contributed by atoms with van der Waals surface area (Å²) in [6.45, 7) is 2.69. The predicted molar refractivity (Wildman–Crippen MR) is 61.2 cm³/mol. The first-order valence-electron chi connectivity index (χ1n) is 5.81. The molecule has 17 heavy (non-hydrogen) atoms. The van der Waals surface area contributed by atoms with Crippen LogP contribution in [0, 0.1) is 18.6 Å². The van der Waals surface area contributed by atoms with E-state index in [-0.39, 0.29) is 0 Å². The van der Waals surface area contributed by atoms with Crippen LogP contribution in [0.5, 0.6) is 0 Å². The molecule has 1 saturated carbocycles. The Labute approximate surface area is 98.8 Å². The minimum absolute atomic E-state index is 0.403. The number of anilines is 1. The van der Waals surface area contributed by atoms with Gasteiger partial charge < -0.3 is 4.90 Å². The number of halogens is 2. The molecule has 0 unspecified atom stereocenters. The molecule has 0 spiro atoms. The van der Waals surface area contributed by atoms with Crippen molar-refractivity contribution >= 4 is 5.69 Å². The van der Waals surface area contributed by atoms with Crippen molar-refractivity contribution in [1.29, 1.82) is 0 Å². The van der Waals surface area contributed by atoms with Gasteiger partial charge in [-0.25, -0.2) is 13.8 Å². The molecule has 0 amide bonds. The number of fused-ring (bicyclic) bond motifs is 1. The fraction of sp³-hybridized carbons (Fsp3) is 0.500. The van der Waals surface area contributed by atoms with Crippen molar-refractivity contribution in [2.24, 2.45) is 5.84 Å². The van der Waals surface area contributed by atoms with E-state index in [0.29, 0.717) is 24.8 Å². The van der Waals surface area contributed by atoms with Crippen molar-refractivity contribution < 1.29 is 8.78 Å². The molecule has 1 aromatic carbocycles. The van der Waals surface area contributed by atoms with Crippen LogP contribution in [0.25, 0.3) is 0 Å². The quantitative estimate of drug-likeness (QED) is 0.760. The minimum Gasteiger partial charge on any atom is -0.354 e. The number of hydrogen-bond acceptors (Lipinski definition) is 3. The predicted octanol–water partition coefficient (Wildman–Crippen LogP) is 1.89. The van der Waals surface area contributed by atoms with Gasteiger partial charge in [0.05, 0.1) is 6.67 Å². The summed E-state index contributed by atoms with van der Waals surface area (Å²) in [4.78, 5) is 2.09. The molecule has 0 radical (unpaired) electrons. The molecule has 0 aromatic heterocycles. The maximum Gasteiger partial charge on any atom is 0.163 e. The number of rotatable bonds is 1. The molecular formula is C12H15F2N3. The molecular weight excluding hydrogens is 224 g/mol. The van der Waals surface area contributed by atoms with Gasteiger partial charge in [-0.05, 0) is 31.4 Å². The van der Waals surface area contributed by atoms with Crippen LogP contribution in [0.4, 0.5) is 14.5 Å². The van der Waals surface area contributed by atoms with Gasteiger partial charge in [-0.15, -0.1) is 0 Å². The fourth-order valence-corrected chi connectivity index (χ4v) is 2.55. The summed E-state index contributed by atoms with van der Waals surface area (Å²) in [5.41, 5.74) is 2.02. The lowest BCUT2D eigenvalue weighted by Crippen LogP contribution is -2.47. The number of nitrogens with two attached hydrogens (primary N) is 1. The third-order valence-corrected chi connectivity index (χ3v) is 3.48. The van der Waals surface area contributed by atoms with Gasteiger partial charge in [-0.1, -0.05) is 0 Å². The molecule has 1 aliphatic carbocycles. The summed E-state index contributed by atoms with van der Waals surface area (Å²) in [6, 6.07) is 1.70. The number of hydrogen-bond donors (Lipinski definition) is 1.